The van der Waals surface area contributed by atoms with Gasteiger partial charge in [0, 0.05) is 10.5 Å². The summed E-state index contributed by atoms with van der Waals surface area (Å²) in [4.78, 5) is 26.3. The SMILES string of the molecule is CCC(C)C(NC(=O)CSc1ccccc1)C(=O)Nc1nnc(-c2ccccc2)s1. The zero-order valence-electron chi connectivity index (χ0n) is 16.9. The number of rotatable bonds is 9. The van der Waals surface area contributed by atoms with E-state index in [0.717, 1.165) is 21.9 Å². The Kier molecular flexibility index (Phi) is 7.98. The molecule has 0 aliphatic rings. The quantitative estimate of drug-likeness (QED) is 0.480. The molecule has 3 rings (SSSR count). The van der Waals surface area contributed by atoms with Crippen LogP contribution in [0.4, 0.5) is 5.13 Å². The van der Waals surface area contributed by atoms with Gasteiger partial charge in [-0.25, -0.2) is 0 Å². The first kappa shape index (κ1) is 22.0. The first-order valence-corrected chi connectivity index (χ1v) is 11.5. The average Bonchev–Trinajstić information content (AvgIpc) is 3.25. The molecule has 6 nitrogen and oxygen atoms in total. The fraction of sp³-hybridized carbons (Fsp3) is 0.273. The van der Waals surface area contributed by atoms with E-state index in [1.165, 1.54) is 23.1 Å². The predicted molar refractivity (Wildman–Crippen MR) is 123 cm³/mol. The van der Waals surface area contributed by atoms with Crippen molar-refractivity contribution in [3.8, 4) is 10.6 Å². The van der Waals surface area contributed by atoms with E-state index < -0.39 is 6.04 Å². The highest BCUT2D eigenvalue weighted by Gasteiger charge is 2.27. The molecule has 0 saturated heterocycles. The minimum absolute atomic E-state index is 0.0165. The number of benzene rings is 2. The summed E-state index contributed by atoms with van der Waals surface area (Å²) in [6.45, 7) is 3.94. The van der Waals surface area contributed by atoms with Crippen molar-refractivity contribution < 1.29 is 9.59 Å². The standard InChI is InChI=1S/C22H24N4O2S2/c1-3-15(2)19(23-18(27)14-29-17-12-8-5-9-13-17)20(28)24-22-26-25-21(30-22)16-10-6-4-7-11-16/h4-13,15,19H,3,14H2,1-2H3,(H,23,27)(H,24,26,28). The molecule has 156 valence electrons. The van der Waals surface area contributed by atoms with Gasteiger partial charge in [-0.05, 0) is 18.1 Å². The van der Waals surface area contributed by atoms with Crippen molar-refractivity contribution in [2.45, 2.75) is 31.2 Å². The van der Waals surface area contributed by atoms with E-state index >= 15 is 0 Å². The van der Waals surface area contributed by atoms with Crippen LogP contribution in [0.25, 0.3) is 10.6 Å². The number of thioether (sulfide) groups is 1. The molecule has 0 bridgehead atoms. The van der Waals surface area contributed by atoms with Crippen LogP contribution in [0.1, 0.15) is 20.3 Å². The lowest BCUT2D eigenvalue weighted by atomic mass is 9.98. The summed E-state index contributed by atoms with van der Waals surface area (Å²) < 4.78 is 0. The molecule has 0 spiro atoms. The molecule has 0 fully saturated rings. The molecule has 2 amide bonds. The van der Waals surface area contributed by atoms with E-state index in [4.69, 9.17) is 0 Å². The normalized spacial score (nSPS) is 12.7. The fourth-order valence-corrected chi connectivity index (χ4v) is 4.22. The van der Waals surface area contributed by atoms with Crippen LogP contribution in [-0.2, 0) is 9.59 Å². The number of nitrogens with zero attached hydrogens (tertiary/aromatic N) is 2. The van der Waals surface area contributed by atoms with Gasteiger partial charge in [0.15, 0.2) is 0 Å². The van der Waals surface area contributed by atoms with Crippen molar-refractivity contribution in [2.24, 2.45) is 5.92 Å². The number of anilines is 1. The van der Waals surface area contributed by atoms with Crippen LogP contribution in [0, 0.1) is 5.92 Å². The first-order valence-electron chi connectivity index (χ1n) is 9.73. The molecule has 0 radical (unpaired) electrons. The predicted octanol–water partition coefficient (Wildman–Crippen LogP) is 4.47. The van der Waals surface area contributed by atoms with Crippen molar-refractivity contribution in [1.82, 2.24) is 15.5 Å². The van der Waals surface area contributed by atoms with Crippen LogP contribution in [0.3, 0.4) is 0 Å². The van der Waals surface area contributed by atoms with E-state index in [1.807, 2.05) is 74.5 Å². The van der Waals surface area contributed by atoms with Crippen LogP contribution in [0.5, 0.6) is 0 Å². The van der Waals surface area contributed by atoms with Crippen molar-refractivity contribution in [3.63, 3.8) is 0 Å². The Hall–Kier alpha value is -2.71. The van der Waals surface area contributed by atoms with Crippen molar-refractivity contribution >= 4 is 40.0 Å². The van der Waals surface area contributed by atoms with Gasteiger partial charge >= 0.3 is 0 Å². The lowest BCUT2D eigenvalue weighted by Crippen LogP contribution is -2.48. The lowest BCUT2D eigenvalue weighted by molar-refractivity contribution is -0.126. The summed E-state index contributed by atoms with van der Waals surface area (Å²) >= 11 is 2.75. The molecule has 1 aromatic heterocycles. The van der Waals surface area contributed by atoms with Gasteiger partial charge in [-0.3, -0.25) is 14.9 Å². The lowest BCUT2D eigenvalue weighted by Gasteiger charge is -2.22. The molecule has 3 aromatic rings. The average molecular weight is 441 g/mol. The molecule has 0 aliphatic carbocycles. The molecule has 2 N–H and O–H groups in total. The minimum atomic E-state index is -0.636. The van der Waals surface area contributed by atoms with Gasteiger partial charge in [-0.1, -0.05) is 80.1 Å². The molecule has 2 unspecified atom stereocenters. The topological polar surface area (TPSA) is 84.0 Å². The Morgan fingerprint density at radius 3 is 2.37 bits per heavy atom. The van der Waals surface area contributed by atoms with Crippen molar-refractivity contribution in [3.05, 3.63) is 60.7 Å². The second-order valence-corrected chi connectivity index (χ2v) is 8.83. The monoisotopic (exact) mass is 440 g/mol. The van der Waals surface area contributed by atoms with Crippen LogP contribution in [0.15, 0.2) is 65.6 Å². The minimum Gasteiger partial charge on any atom is -0.343 e. The van der Waals surface area contributed by atoms with E-state index in [2.05, 4.69) is 20.8 Å². The maximum absolute atomic E-state index is 12.9. The van der Waals surface area contributed by atoms with Crippen LogP contribution < -0.4 is 10.6 Å². The molecule has 30 heavy (non-hydrogen) atoms. The number of amides is 2. The highest BCUT2D eigenvalue weighted by molar-refractivity contribution is 8.00. The summed E-state index contributed by atoms with van der Waals surface area (Å²) in [6.07, 6.45) is 0.760. The molecule has 8 heteroatoms. The second kappa shape index (κ2) is 10.9. The smallest absolute Gasteiger partial charge is 0.249 e. The molecular weight excluding hydrogens is 416 g/mol. The van der Waals surface area contributed by atoms with Gasteiger partial charge in [0.05, 0.1) is 5.75 Å². The van der Waals surface area contributed by atoms with E-state index in [9.17, 15) is 9.59 Å². The van der Waals surface area contributed by atoms with Gasteiger partial charge in [-0.2, -0.15) is 0 Å². The molecule has 1 heterocycles. The van der Waals surface area contributed by atoms with Crippen LogP contribution >= 0.6 is 23.1 Å². The Morgan fingerprint density at radius 1 is 1.03 bits per heavy atom. The first-order chi connectivity index (χ1) is 14.6. The summed E-state index contributed by atoms with van der Waals surface area (Å²) in [5.41, 5.74) is 0.945. The number of hydrogen-bond donors (Lipinski definition) is 2. The maximum atomic E-state index is 12.9. The zero-order valence-corrected chi connectivity index (χ0v) is 18.5. The molecule has 2 atom stereocenters. The zero-order chi connectivity index (χ0) is 21.3. The number of nitrogens with one attached hydrogen (secondary N) is 2. The molecule has 0 saturated carbocycles. The Bertz CT molecular complexity index is 964. The third kappa shape index (κ3) is 6.14. The van der Waals surface area contributed by atoms with Crippen LogP contribution in [0.2, 0.25) is 0 Å². The maximum Gasteiger partial charge on any atom is 0.249 e. The molecule has 0 aliphatic heterocycles. The van der Waals surface area contributed by atoms with Crippen molar-refractivity contribution in [2.75, 3.05) is 11.1 Å². The highest BCUT2D eigenvalue weighted by Crippen LogP contribution is 2.26. The highest BCUT2D eigenvalue weighted by atomic mass is 32.2. The van der Waals surface area contributed by atoms with Gasteiger partial charge in [0.2, 0.25) is 16.9 Å². The largest absolute Gasteiger partial charge is 0.343 e. The van der Waals surface area contributed by atoms with E-state index in [-0.39, 0.29) is 23.5 Å². The van der Waals surface area contributed by atoms with Crippen LogP contribution in [-0.4, -0.2) is 33.8 Å². The summed E-state index contributed by atoms with van der Waals surface area (Å²) in [5, 5.41) is 15.1. The van der Waals surface area contributed by atoms with Gasteiger partial charge in [-0.15, -0.1) is 22.0 Å². The summed E-state index contributed by atoms with van der Waals surface area (Å²) in [7, 11) is 0. The number of carbonyl (C=O) groups excluding carboxylic acids is 2. The second-order valence-electron chi connectivity index (χ2n) is 6.80. The third-order valence-corrected chi connectivity index (χ3v) is 6.50. The number of aromatic nitrogens is 2. The number of carbonyl (C=O) groups is 2. The fourth-order valence-electron chi connectivity index (χ4n) is 2.74. The van der Waals surface area contributed by atoms with Gasteiger partial charge in [0.1, 0.15) is 11.0 Å². The third-order valence-electron chi connectivity index (χ3n) is 4.60. The summed E-state index contributed by atoms with van der Waals surface area (Å²) in [5.74, 6) is -0.219. The number of hydrogen-bond acceptors (Lipinski definition) is 6. The Balaban J connectivity index is 1.61. The summed E-state index contributed by atoms with van der Waals surface area (Å²) in [6, 6.07) is 18.7. The van der Waals surface area contributed by atoms with Gasteiger partial charge in [0.25, 0.3) is 0 Å². The Morgan fingerprint density at radius 2 is 1.70 bits per heavy atom. The molecule has 2 aromatic carbocycles. The van der Waals surface area contributed by atoms with Crippen molar-refractivity contribution in [1.29, 1.82) is 0 Å². The van der Waals surface area contributed by atoms with E-state index in [0.29, 0.717) is 5.13 Å². The van der Waals surface area contributed by atoms with E-state index in [1.54, 1.807) is 0 Å². The van der Waals surface area contributed by atoms with Gasteiger partial charge < -0.3 is 5.32 Å². The molecular formula is C22H24N4O2S2. The Labute approximate surface area is 184 Å².